The Morgan fingerprint density at radius 1 is 1.25 bits per heavy atom. The summed E-state index contributed by atoms with van der Waals surface area (Å²) in [5, 5.41) is 0. The zero-order chi connectivity index (χ0) is 8.93. The number of fused-ring (bicyclic) bond motifs is 2. The van der Waals surface area contributed by atoms with Crippen molar-refractivity contribution in [3.8, 4) is 0 Å². The number of hydrogen-bond acceptors (Lipinski definition) is 2. The molecule has 2 fully saturated rings. The number of carbonyl (C=O) groups excluding carboxylic acids is 2. The van der Waals surface area contributed by atoms with Gasteiger partial charge in [0.2, 0.25) is 11.6 Å². The molecule has 12 heavy (non-hydrogen) atoms. The van der Waals surface area contributed by atoms with Crippen LogP contribution in [0.4, 0.5) is 0 Å². The fourth-order valence-electron chi connectivity index (χ4n) is 2.56. The molecule has 0 unspecified atom stereocenters. The first-order valence-corrected chi connectivity index (χ1v) is 4.62. The highest BCUT2D eigenvalue weighted by atomic mass is 16.2. The van der Waals surface area contributed by atoms with Crippen LogP contribution < -0.4 is 0 Å². The Morgan fingerprint density at radius 3 is 2.58 bits per heavy atom. The van der Waals surface area contributed by atoms with Gasteiger partial charge in [-0.05, 0) is 25.2 Å². The molecule has 0 aromatic heterocycles. The Hall–Kier alpha value is -0.660. The van der Waals surface area contributed by atoms with Gasteiger partial charge in [-0.15, -0.1) is 0 Å². The molecule has 0 aromatic carbocycles. The molecule has 2 aliphatic rings. The summed E-state index contributed by atoms with van der Waals surface area (Å²) >= 11 is 0. The van der Waals surface area contributed by atoms with Crippen LogP contribution in [0, 0.1) is 17.3 Å². The molecule has 2 bridgehead atoms. The van der Waals surface area contributed by atoms with E-state index in [-0.39, 0.29) is 22.9 Å². The second kappa shape index (κ2) is 2.18. The number of ketones is 2. The van der Waals surface area contributed by atoms with E-state index in [9.17, 15) is 9.59 Å². The van der Waals surface area contributed by atoms with Crippen LogP contribution in [0.3, 0.4) is 0 Å². The smallest absolute Gasteiger partial charge is 0.204 e. The first-order chi connectivity index (χ1) is 5.53. The average molecular weight is 166 g/mol. The Kier molecular flexibility index (Phi) is 1.45. The van der Waals surface area contributed by atoms with Crippen LogP contribution in [0.25, 0.3) is 0 Å². The third-order valence-corrected chi connectivity index (χ3v) is 3.63. The minimum absolute atomic E-state index is 0.0792. The summed E-state index contributed by atoms with van der Waals surface area (Å²) in [5.74, 6) is 0.318. The summed E-state index contributed by atoms with van der Waals surface area (Å²) in [6, 6.07) is 0. The zero-order valence-corrected chi connectivity index (χ0v) is 7.59. The molecule has 0 aliphatic heterocycles. The van der Waals surface area contributed by atoms with E-state index in [1.165, 1.54) is 0 Å². The van der Waals surface area contributed by atoms with Gasteiger partial charge in [-0.1, -0.05) is 13.8 Å². The molecule has 0 aromatic rings. The largest absolute Gasteiger partial charge is 0.291 e. The van der Waals surface area contributed by atoms with Gasteiger partial charge in [0, 0.05) is 11.3 Å². The summed E-state index contributed by atoms with van der Waals surface area (Å²) in [5.41, 5.74) is -0.371. The Bertz CT molecular complexity index is 253. The van der Waals surface area contributed by atoms with E-state index in [1.54, 1.807) is 0 Å². The molecular formula is C10H14O2. The van der Waals surface area contributed by atoms with Crippen LogP contribution in [0.1, 0.15) is 33.1 Å². The SMILES string of the molecule is CC1(C)C(=O)C(=O)[C@@H]2CC[C@H]1C2. The van der Waals surface area contributed by atoms with Gasteiger partial charge in [0.15, 0.2) is 0 Å². The van der Waals surface area contributed by atoms with Crippen molar-refractivity contribution in [3.63, 3.8) is 0 Å². The van der Waals surface area contributed by atoms with Crippen LogP contribution in [0.5, 0.6) is 0 Å². The van der Waals surface area contributed by atoms with Crippen molar-refractivity contribution in [3.05, 3.63) is 0 Å². The van der Waals surface area contributed by atoms with Crippen molar-refractivity contribution >= 4 is 11.6 Å². The summed E-state index contributed by atoms with van der Waals surface area (Å²) in [4.78, 5) is 23.0. The molecule has 2 aliphatic carbocycles. The highest BCUT2D eigenvalue weighted by Crippen LogP contribution is 2.48. The van der Waals surface area contributed by atoms with Gasteiger partial charge >= 0.3 is 0 Å². The summed E-state index contributed by atoms with van der Waals surface area (Å²) in [6.45, 7) is 3.83. The normalized spacial score (nSPS) is 38.8. The molecule has 2 nitrogen and oxygen atoms in total. The van der Waals surface area contributed by atoms with Gasteiger partial charge in [0.1, 0.15) is 0 Å². The maximum absolute atomic E-state index is 11.6. The van der Waals surface area contributed by atoms with Crippen LogP contribution in [-0.2, 0) is 9.59 Å². The molecule has 0 amide bonds. The third-order valence-electron chi connectivity index (χ3n) is 3.63. The highest BCUT2D eigenvalue weighted by molar-refractivity contribution is 6.40. The third kappa shape index (κ3) is 0.809. The van der Waals surface area contributed by atoms with Crippen LogP contribution in [0.15, 0.2) is 0 Å². The minimum Gasteiger partial charge on any atom is -0.291 e. The number of hydrogen-bond donors (Lipinski definition) is 0. The van der Waals surface area contributed by atoms with Crippen molar-refractivity contribution in [2.45, 2.75) is 33.1 Å². The zero-order valence-electron chi connectivity index (χ0n) is 7.59. The predicted octanol–water partition coefficient (Wildman–Crippen LogP) is 1.58. The number of rotatable bonds is 0. The van der Waals surface area contributed by atoms with Crippen molar-refractivity contribution in [2.75, 3.05) is 0 Å². The lowest BCUT2D eigenvalue weighted by atomic mass is 9.68. The molecule has 66 valence electrons. The molecule has 2 rings (SSSR count). The number of carbonyl (C=O) groups is 2. The second-order valence-corrected chi connectivity index (χ2v) is 4.62. The molecule has 2 heteroatoms. The first kappa shape index (κ1) is 7.96. The van der Waals surface area contributed by atoms with Gasteiger partial charge in [0.25, 0.3) is 0 Å². The Morgan fingerprint density at radius 2 is 1.92 bits per heavy atom. The van der Waals surface area contributed by atoms with E-state index in [0.29, 0.717) is 5.92 Å². The highest BCUT2D eigenvalue weighted by Gasteiger charge is 2.51. The van der Waals surface area contributed by atoms with E-state index >= 15 is 0 Å². The monoisotopic (exact) mass is 166 g/mol. The molecule has 2 atom stereocenters. The van der Waals surface area contributed by atoms with Gasteiger partial charge in [-0.2, -0.15) is 0 Å². The van der Waals surface area contributed by atoms with Crippen molar-refractivity contribution in [2.24, 2.45) is 17.3 Å². The van der Waals surface area contributed by atoms with Crippen LogP contribution >= 0.6 is 0 Å². The summed E-state index contributed by atoms with van der Waals surface area (Å²) in [7, 11) is 0. The number of Topliss-reactive ketones (excluding diaryl/α,β-unsaturated/α-hetero) is 2. The Balaban J connectivity index is 2.39. The van der Waals surface area contributed by atoms with E-state index in [4.69, 9.17) is 0 Å². The lowest BCUT2D eigenvalue weighted by Crippen LogP contribution is -2.42. The van der Waals surface area contributed by atoms with Gasteiger partial charge in [0.05, 0.1) is 0 Å². The van der Waals surface area contributed by atoms with E-state index in [2.05, 4.69) is 0 Å². The van der Waals surface area contributed by atoms with Gasteiger partial charge in [-0.25, -0.2) is 0 Å². The van der Waals surface area contributed by atoms with Crippen molar-refractivity contribution in [1.82, 2.24) is 0 Å². The van der Waals surface area contributed by atoms with Crippen molar-refractivity contribution < 1.29 is 9.59 Å². The lowest BCUT2D eigenvalue weighted by molar-refractivity contribution is -0.147. The molecule has 2 saturated carbocycles. The molecule has 0 radical (unpaired) electrons. The molecular weight excluding hydrogens is 152 g/mol. The van der Waals surface area contributed by atoms with E-state index in [0.717, 1.165) is 19.3 Å². The van der Waals surface area contributed by atoms with E-state index in [1.807, 2.05) is 13.8 Å². The summed E-state index contributed by atoms with van der Waals surface area (Å²) < 4.78 is 0. The molecule has 0 N–H and O–H groups in total. The van der Waals surface area contributed by atoms with Crippen LogP contribution in [0.2, 0.25) is 0 Å². The van der Waals surface area contributed by atoms with Gasteiger partial charge < -0.3 is 0 Å². The lowest BCUT2D eigenvalue weighted by Gasteiger charge is -2.33. The average Bonchev–Trinajstić information content (AvgIpc) is 2.46. The Labute approximate surface area is 72.3 Å². The van der Waals surface area contributed by atoms with E-state index < -0.39 is 0 Å². The molecule has 0 heterocycles. The van der Waals surface area contributed by atoms with Crippen molar-refractivity contribution in [1.29, 1.82) is 0 Å². The fourth-order valence-corrected chi connectivity index (χ4v) is 2.56. The predicted molar refractivity (Wildman–Crippen MR) is 44.6 cm³/mol. The maximum Gasteiger partial charge on any atom is 0.204 e. The summed E-state index contributed by atoms with van der Waals surface area (Å²) in [6.07, 6.45) is 2.96. The van der Waals surface area contributed by atoms with Crippen LogP contribution in [-0.4, -0.2) is 11.6 Å². The van der Waals surface area contributed by atoms with Gasteiger partial charge in [-0.3, -0.25) is 9.59 Å². The topological polar surface area (TPSA) is 34.1 Å². The standard InChI is InChI=1S/C10H14O2/c1-10(2)7-4-3-6(5-7)8(11)9(10)12/h6-7H,3-5H2,1-2H3/t6-,7+/m1/s1. The molecule has 0 spiro atoms. The second-order valence-electron chi connectivity index (χ2n) is 4.62. The fraction of sp³-hybridized carbons (Fsp3) is 0.800. The first-order valence-electron chi connectivity index (χ1n) is 4.62. The quantitative estimate of drug-likeness (QED) is 0.512. The molecule has 0 saturated heterocycles. The maximum atomic E-state index is 11.6. The minimum atomic E-state index is -0.371.